The number of rotatable bonds is 4. The van der Waals surface area contributed by atoms with Gasteiger partial charge in [0.15, 0.2) is 0 Å². The summed E-state index contributed by atoms with van der Waals surface area (Å²) in [6, 6.07) is 6.58. The van der Waals surface area contributed by atoms with Gasteiger partial charge < -0.3 is 4.57 Å². The van der Waals surface area contributed by atoms with Crippen molar-refractivity contribution in [1.82, 2.24) is 14.5 Å². The molecule has 0 aliphatic rings. The van der Waals surface area contributed by atoms with E-state index in [2.05, 4.69) is 47.0 Å². The molecule has 0 N–H and O–H groups in total. The molecule has 3 nitrogen and oxygen atoms in total. The van der Waals surface area contributed by atoms with Gasteiger partial charge in [0.1, 0.15) is 10.8 Å². The number of nitrogens with zero attached hydrogens (tertiary/aromatic N) is 3. The van der Waals surface area contributed by atoms with Crippen LogP contribution in [0.25, 0.3) is 11.0 Å². The van der Waals surface area contributed by atoms with E-state index in [1.807, 2.05) is 6.92 Å². The Kier molecular flexibility index (Phi) is 4.00. The van der Waals surface area contributed by atoms with E-state index in [0.29, 0.717) is 5.88 Å². The van der Waals surface area contributed by atoms with Crippen LogP contribution in [0.1, 0.15) is 35.1 Å². The normalized spacial score (nSPS) is 13.0. The molecule has 0 amide bonds. The zero-order valence-corrected chi connectivity index (χ0v) is 14.0. The summed E-state index contributed by atoms with van der Waals surface area (Å²) in [6.07, 6.45) is 0.768. The molecule has 21 heavy (non-hydrogen) atoms. The Hall–Kier alpha value is -1.39. The molecule has 0 spiro atoms. The summed E-state index contributed by atoms with van der Waals surface area (Å²) < 4.78 is 2.27. The summed E-state index contributed by atoms with van der Waals surface area (Å²) in [5.41, 5.74) is 4.49. The van der Waals surface area contributed by atoms with Crippen molar-refractivity contribution >= 4 is 34.0 Å². The third-order valence-electron chi connectivity index (χ3n) is 3.62. The third-order valence-corrected chi connectivity index (χ3v) is 4.94. The molecule has 3 aromatic rings. The Labute approximate surface area is 133 Å². The molecular weight excluding hydrogens is 302 g/mol. The molecule has 0 aliphatic carbocycles. The van der Waals surface area contributed by atoms with E-state index in [9.17, 15) is 0 Å². The van der Waals surface area contributed by atoms with Crippen LogP contribution < -0.4 is 0 Å². The highest BCUT2D eigenvalue weighted by Crippen LogP contribution is 2.28. The lowest BCUT2D eigenvalue weighted by atomic mass is 10.2. The highest BCUT2D eigenvalue weighted by Gasteiger charge is 2.19. The molecule has 2 aromatic heterocycles. The second-order valence-electron chi connectivity index (χ2n) is 5.33. The van der Waals surface area contributed by atoms with E-state index >= 15 is 0 Å². The molecule has 0 bridgehead atoms. The van der Waals surface area contributed by atoms with Crippen LogP contribution in [0.15, 0.2) is 23.6 Å². The molecule has 0 aliphatic heterocycles. The van der Waals surface area contributed by atoms with Crippen LogP contribution in [0.5, 0.6) is 0 Å². The van der Waals surface area contributed by atoms with Gasteiger partial charge in [-0.1, -0.05) is 6.07 Å². The second-order valence-corrected chi connectivity index (χ2v) is 6.60. The maximum absolute atomic E-state index is 5.96. The molecular formula is C16H18ClN3S. The third kappa shape index (κ3) is 2.70. The number of fused-ring (bicyclic) bond motifs is 1. The summed E-state index contributed by atoms with van der Waals surface area (Å²) in [4.78, 5) is 9.40. The van der Waals surface area contributed by atoms with E-state index in [0.717, 1.165) is 34.0 Å². The van der Waals surface area contributed by atoms with Crippen molar-refractivity contribution in [2.24, 2.45) is 0 Å². The molecule has 1 aromatic carbocycles. The van der Waals surface area contributed by atoms with Gasteiger partial charge in [-0.05, 0) is 38.5 Å². The zero-order valence-electron chi connectivity index (χ0n) is 12.4. The molecule has 0 saturated heterocycles. The van der Waals surface area contributed by atoms with E-state index < -0.39 is 0 Å². The van der Waals surface area contributed by atoms with Gasteiger partial charge in [-0.15, -0.1) is 22.9 Å². The van der Waals surface area contributed by atoms with E-state index in [1.165, 1.54) is 5.56 Å². The van der Waals surface area contributed by atoms with Gasteiger partial charge in [0.25, 0.3) is 0 Å². The van der Waals surface area contributed by atoms with Crippen LogP contribution >= 0.6 is 22.9 Å². The topological polar surface area (TPSA) is 30.7 Å². The van der Waals surface area contributed by atoms with Crippen molar-refractivity contribution in [2.45, 2.75) is 33.2 Å². The van der Waals surface area contributed by atoms with Crippen molar-refractivity contribution in [1.29, 1.82) is 0 Å². The first-order valence-electron chi connectivity index (χ1n) is 7.05. The summed E-state index contributed by atoms with van der Waals surface area (Å²) in [5, 5.41) is 3.21. The predicted octanol–water partition coefficient (Wildman–Crippen LogP) is 4.50. The number of hydrogen-bond donors (Lipinski definition) is 0. The summed E-state index contributed by atoms with van der Waals surface area (Å²) >= 11 is 7.66. The fraction of sp³-hybridized carbons (Fsp3) is 0.375. The molecule has 110 valence electrons. The van der Waals surface area contributed by atoms with Crippen molar-refractivity contribution in [2.75, 3.05) is 5.88 Å². The monoisotopic (exact) mass is 319 g/mol. The first-order valence-corrected chi connectivity index (χ1v) is 8.47. The number of hydrogen-bond acceptors (Lipinski definition) is 3. The molecule has 0 saturated carbocycles. The van der Waals surface area contributed by atoms with Crippen LogP contribution in [0.4, 0.5) is 0 Å². The maximum Gasteiger partial charge on any atom is 0.116 e. The fourth-order valence-corrected chi connectivity index (χ4v) is 3.64. The minimum atomic E-state index is 0.176. The SMILES string of the molecule is Cc1ccc2c(c1)nc(CCCl)n2C(C)c1nc(C)cs1. The number of aromatic nitrogens is 3. The smallest absolute Gasteiger partial charge is 0.116 e. The molecule has 0 radical (unpaired) electrons. The minimum absolute atomic E-state index is 0.176. The Morgan fingerprint density at radius 2 is 2.10 bits per heavy atom. The number of thiazole rings is 1. The molecule has 1 unspecified atom stereocenters. The average Bonchev–Trinajstić information content (AvgIpc) is 3.01. The van der Waals surface area contributed by atoms with Gasteiger partial charge in [0.2, 0.25) is 0 Å². The highest BCUT2D eigenvalue weighted by molar-refractivity contribution is 7.09. The summed E-state index contributed by atoms with van der Waals surface area (Å²) in [6.45, 7) is 6.30. The van der Waals surface area contributed by atoms with Gasteiger partial charge in [-0.25, -0.2) is 9.97 Å². The Morgan fingerprint density at radius 3 is 2.76 bits per heavy atom. The molecule has 1 atom stereocenters. The Balaban J connectivity index is 2.16. The Bertz CT molecular complexity index is 775. The van der Waals surface area contributed by atoms with E-state index in [-0.39, 0.29) is 6.04 Å². The van der Waals surface area contributed by atoms with Gasteiger partial charge in [-0.3, -0.25) is 0 Å². The predicted molar refractivity (Wildman–Crippen MR) is 89.6 cm³/mol. The highest BCUT2D eigenvalue weighted by atomic mass is 35.5. The van der Waals surface area contributed by atoms with Crippen LogP contribution in [0.2, 0.25) is 0 Å². The van der Waals surface area contributed by atoms with Gasteiger partial charge in [0.05, 0.1) is 17.1 Å². The van der Waals surface area contributed by atoms with Crippen LogP contribution in [0, 0.1) is 13.8 Å². The first-order chi connectivity index (χ1) is 10.1. The second kappa shape index (κ2) is 5.78. The first kappa shape index (κ1) is 14.5. The lowest BCUT2D eigenvalue weighted by Gasteiger charge is -2.15. The van der Waals surface area contributed by atoms with Gasteiger partial charge >= 0.3 is 0 Å². The van der Waals surface area contributed by atoms with Crippen molar-refractivity contribution in [3.63, 3.8) is 0 Å². The minimum Gasteiger partial charge on any atom is -0.318 e. The summed E-state index contributed by atoms with van der Waals surface area (Å²) in [5.74, 6) is 1.61. The average molecular weight is 320 g/mol. The van der Waals surface area contributed by atoms with Crippen molar-refractivity contribution in [3.05, 3.63) is 45.7 Å². The summed E-state index contributed by atoms with van der Waals surface area (Å²) in [7, 11) is 0. The van der Waals surface area contributed by atoms with Gasteiger partial charge in [-0.2, -0.15) is 0 Å². The molecule has 5 heteroatoms. The van der Waals surface area contributed by atoms with Crippen molar-refractivity contribution < 1.29 is 0 Å². The number of halogens is 1. The maximum atomic E-state index is 5.96. The van der Waals surface area contributed by atoms with Crippen LogP contribution in [-0.4, -0.2) is 20.4 Å². The molecule has 2 heterocycles. The van der Waals surface area contributed by atoms with Crippen LogP contribution in [-0.2, 0) is 6.42 Å². The quantitative estimate of drug-likeness (QED) is 0.663. The number of benzene rings is 1. The zero-order chi connectivity index (χ0) is 15.0. The molecule has 0 fully saturated rings. The van der Waals surface area contributed by atoms with Crippen molar-refractivity contribution in [3.8, 4) is 0 Å². The number of aryl methyl sites for hydroxylation is 3. The van der Waals surface area contributed by atoms with E-state index in [4.69, 9.17) is 16.6 Å². The molecule has 3 rings (SSSR count). The van der Waals surface area contributed by atoms with Crippen LogP contribution in [0.3, 0.4) is 0 Å². The fourth-order valence-electron chi connectivity index (χ4n) is 2.63. The van der Waals surface area contributed by atoms with E-state index in [1.54, 1.807) is 11.3 Å². The lowest BCUT2D eigenvalue weighted by molar-refractivity contribution is 0.619. The number of alkyl halides is 1. The lowest BCUT2D eigenvalue weighted by Crippen LogP contribution is -2.11. The Morgan fingerprint density at radius 1 is 1.29 bits per heavy atom. The standard InChI is InChI=1S/C16H18ClN3S/c1-10-4-5-14-13(8-10)19-15(6-7-17)20(14)12(3)16-18-11(2)9-21-16/h4-5,8-9,12H,6-7H2,1-3H3. The van der Waals surface area contributed by atoms with Gasteiger partial charge in [0, 0.05) is 23.4 Å². The number of imidazole rings is 1. The largest absolute Gasteiger partial charge is 0.318 e.